The van der Waals surface area contributed by atoms with Crippen LogP contribution in [0.3, 0.4) is 0 Å². The molecule has 0 spiro atoms. The van der Waals surface area contributed by atoms with Crippen LogP contribution in [0.5, 0.6) is 0 Å². The Morgan fingerprint density at radius 2 is 1.88 bits per heavy atom. The molecular weight excluding hydrogens is 444 g/mol. The van der Waals surface area contributed by atoms with Crippen molar-refractivity contribution >= 4 is 21.8 Å². The minimum absolute atomic E-state index is 0.0342. The Morgan fingerprint density at radius 3 is 2.59 bits per heavy atom. The molecule has 7 nitrogen and oxygen atoms in total. The van der Waals surface area contributed by atoms with Gasteiger partial charge in [-0.25, -0.2) is 8.42 Å². The molecule has 0 unspecified atom stereocenters. The second-order valence-electron chi connectivity index (χ2n) is 7.41. The molecule has 168 valence electrons. The maximum absolute atomic E-state index is 13.2. The Kier molecular flexibility index (Phi) is 7.10. The summed E-state index contributed by atoms with van der Waals surface area (Å²) in [5.41, 5.74) is 1.83. The van der Waals surface area contributed by atoms with E-state index < -0.39 is 10.0 Å². The Hall–Kier alpha value is -2.46. The summed E-state index contributed by atoms with van der Waals surface area (Å²) < 4.78 is 35.2. The van der Waals surface area contributed by atoms with Gasteiger partial charge in [0.2, 0.25) is 10.0 Å². The summed E-state index contributed by atoms with van der Waals surface area (Å²) in [5, 5.41) is 9.62. The van der Waals surface area contributed by atoms with E-state index in [0.717, 1.165) is 10.7 Å². The van der Waals surface area contributed by atoms with Crippen molar-refractivity contribution in [1.29, 1.82) is 0 Å². The van der Waals surface area contributed by atoms with Gasteiger partial charge in [-0.05, 0) is 24.6 Å². The number of morpholine rings is 1. The second kappa shape index (κ2) is 9.99. The lowest BCUT2D eigenvalue weighted by Gasteiger charge is -2.26. The first-order chi connectivity index (χ1) is 15.5. The van der Waals surface area contributed by atoms with Crippen LogP contribution in [0.25, 0.3) is 11.4 Å². The van der Waals surface area contributed by atoms with Crippen molar-refractivity contribution in [2.75, 3.05) is 32.1 Å². The van der Waals surface area contributed by atoms with Gasteiger partial charge in [0.15, 0.2) is 11.0 Å². The zero-order valence-corrected chi connectivity index (χ0v) is 19.6. The van der Waals surface area contributed by atoms with E-state index in [-0.39, 0.29) is 10.9 Å². The predicted molar refractivity (Wildman–Crippen MR) is 126 cm³/mol. The van der Waals surface area contributed by atoms with E-state index in [1.807, 2.05) is 30.3 Å². The van der Waals surface area contributed by atoms with Crippen LogP contribution in [0.1, 0.15) is 18.5 Å². The lowest BCUT2D eigenvalue weighted by molar-refractivity contribution is 0.0730. The van der Waals surface area contributed by atoms with Crippen LogP contribution in [-0.4, -0.2) is 59.5 Å². The van der Waals surface area contributed by atoms with Crippen molar-refractivity contribution in [2.24, 2.45) is 0 Å². The summed E-state index contributed by atoms with van der Waals surface area (Å²) in [6.45, 7) is 7.42. The van der Waals surface area contributed by atoms with Crippen LogP contribution in [0.2, 0.25) is 0 Å². The molecule has 1 aromatic heterocycles. The first-order valence-corrected chi connectivity index (χ1v) is 12.9. The maximum atomic E-state index is 13.2. The molecule has 0 saturated carbocycles. The summed E-state index contributed by atoms with van der Waals surface area (Å²) in [7, 11) is -3.61. The van der Waals surface area contributed by atoms with Crippen LogP contribution in [0.4, 0.5) is 0 Å². The number of nitrogens with zero attached hydrogens (tertiary/aromatic N) is 4. The van der Waals surface area contributed by atoms with Crippen LogP contribution in [-0.2, 0) is 14.8 Å². The molecule has 1 atom stereocenters. The van der Waals surface area contributed by atoms with Gasteiger partial charge in [0.05, 0.1) is 24.2 Å². The molecule has 0 radical (unpaired) electrons. The molecule has 0 bridgehead atoms. The molecule has 0 aliphatic carbocycles. The maximum Gasteiger partial charge on any atom is 0.243 e. The highest BCUT2D eigenvalue weighted by molar-refractivity contribution is 7.99. The molecule has 0 N–H and O–H groups in total. The Balaban J connectivity index is 1.76. The van der Waals surface area contributed by atoms with Crippen molar-refractivity contribution in [3.05, 3.63) is 72.8 Å². The van der Waals surface area contributed by atoms with Gasteiger partial charge in [-0.3, -0.25) is 4.57 Å². The van der Waals surface area contributed by atoms with E-state index in [1.165, 1.54) is 4.31 Å². The summed E-state index contributed by atoms with van der Waals surface area (Å²) in [4.78, 5) is 0.249. The average molecular weight is 471 g/mol. The minimum atomic E-state index is -3.61. The quantitative estimate of drug-likeness (QED) is 0.368. The molecule has 9 heteroatoms. The number of ether oxygens (including phenoxy) is 1. The Morgan fingerprint density at radius 1 is 1.12 bits per heavy atom. The number of benzene rings is 2. The van der Waals surface area contributed by atoms with Crippen LogP contribution in [0, 0.1) is 0 Å². The average Bonchev–Trinajstić information content (AvgIpc) is 3.27. The third kappa shape index (κ3) is 4.66. The molecule has 0 amide bonds. The lowest BCUT2D eigenvalue weighted by Crippen LogP contribution is -2.40. The Bertz CT molecular complexity index is 1170. The molecular formula is C23H26N4O3S2. The van der Waals surface area contributed by atoms with E-state index in [2.05, 4.69) is 40.4 Å². The van der Waals surface area contributed by atoms with Gasteiger partial charge in [0.25, 0.3) is 0 Å². The SMILES string of the molecule is C=CCSc1nnc(-c2cccc(S(=O)(=O)N3CCOCC3)c2)n1[C@H](C)c1ccccc1. The van der Waals surface area contributed by atoms with Gasteiger partial charge >= 0.3 is 0 Å². The van der Waals surface area contributed by atoms with Crippen molar-refractivity contribution in [1.82, 2.24) is 19.1 Å². The predicted octanol–water partition coefficient (Wildman–Crippen LogP) is 3.85. The highest BCUT2D eigenvalue weighted by Crippen LogP contribution is 2.32. The topological polar surface area (TPSA) is 77.3 Å². The highest BCUT2D eigenvalue weighted by atomic mass is 32.2. The molecule has 32 heavy (non-hydrogen) atoms. The summed E-state index contributed by atoms with van der Waals surface area (Å²) in [6, 6.07) is 17.0. The van der Waals surface area contributed by atoms with Crippen molar-refractivity contribution in [3.8, 4) is 11.4 Å². The van der Waals surface area contributed by atoms with E-state index in [9.17, 15) is 8.42 Å². The second-order valence-corrected chi connectivity index (χ2v) is 10.3. The van der Waals surface area contributed by atoms with E-state index in [1.54, 1.807) is 30.0 Å². The number of rotatable bonds is 8. The largest absolute Gasteiger partial charge is 0.379 e. The summed E-state index contributed by atoms with van der Waals surface area (Å²) in [6.07, 6.45) is 1.83. The number of hydrogen-bond acceptors (Lipinski definition) is 6. The molecule has 3 aromatic rings. The number of sulfonamides is 1. The van der Waals surface area contributed by atoms with Crippen molar-refractivity contribution in [3.63, 3.8) is 0 Å². The molecule has 1 aliphatic heterocycles. The fraction of sp³-hybridized carbons (Fsp3) is 0.304. The summed E-state index contributed by atoms with van der Waals surface area (Å²) in [5.74, 6) is 1.33. The molecule has 2 heterocycles. The van der Waals surface area contributed by atoms with Crippen LogP contribution < -0.4 is 0 Å². The van der Waals surface area contributed by atoms with Gasteiger partial charge in [-0.1, -0.05) is 60.3 Å². The van der Waals surface area contributed by atoms with Crippen molar-refractivity contribution < 1.29 is 13.2 Å². The number of hydrogen-bond donors (Lipinski definition) is 0. The van der Waals surface area contributed by atoms with Crippen LogP contribution in [0.15, 0.2) is 77.3 Å². The zero-order chi connectivity index (χ0) is 22.6. The van der Waals surface area contributed by atoms with Gasteiger partial charge in [-0.2, -0.15) is 4.31 Å². The molecule has 4 rings (SSSR count). The van der Waals surface area contributed by atoms with E-state index in [4.69, 9.17) is 4.74 Å². The molecule has 1 fully saturated rings. The number of aromatic nitrogens is 3. The standard InChI is InChI=1S/C23H26N4O3S2/c1-3-16-31-23-25-24-22(27(23)18(2)19-8-5-4-6-9-19)20-10-7-11-21(17-20)32(28,29)26-12-14-30-15-13-26/h3-11,17-18H,1,12-16H2,2H3/t18-/m1/s1. The third-order valence-electron chi connectivity index (χ3n) is 5.36. The zero-order valence-electron chi connectivity index (χ0n) is 17.9. The van der Waals surface area contributed by atoms with E-state index >= 15 is 0 Å². The smallest absolute Gasteiger partial charge is 0.243 e. The summed E-state index contributed by atoms with van der Waals surface area (Å²) >= 11 is 1.55. The number of thioether (sulfide) groups is 1. The van der Waals surface area contributed by atoms with Gasteiger partial charge in [0.1, 0.15) is 0 Å². The normalized spacial score (nSPS) is 16.0. The van der Waals surface area contributed by atoms with E-state index in [0.29, 0.717) is 43.4 Å². The third-order valence-corrected chi connectivity index (χ3v) is 8.20. The molecule has 1 saturated heterocycles. The van der Waals surface area contributed by atoms with Crippen molar-refractivity contribution in [2.45, 2.75) is 23.0 Å². The first kappa shape index (κ1) is 22.7. The van der Waals surface area contributed by atoms with Crippen LogP contribution >= 0.6 is 11.8 Å². The molecule has 1 aliphatic rings. The fourth-order valence-electron chi connectivity index (χ4n) is 3.67. The van der Waals surface area contributed by atoms with Gasteiger partial charge in [0, 0.05) is 24.4 Å². The van der Waals surface area contributed by atoms with Gasteiger partial charge in [-0.15, -0.1) is 16.8 Å². The first-order valence-electron chi connectivity index (χ1n) is 10.4. The highest BCUT2D eigenvalue weighted by Gasteiger charge is 2.27. The fourth-order valence-corrected chi connectivity index (χ4v) is 5.87. The Labute approximate surface area is 193 Å². The minimum Gasteiger partial charge on any atom is -0.379 e. The monoisotopic (exact) mass is 470 g/mol. The molecule has 2 aromatic carbocycles. The van der Waals surface area contributed by atoms with Gasteiger partial charge < -0.3 is 4.74 Å². The lowest BCUT2D eigenvalue weighted by atomic mass is 10.1.